The Morgan fingerprint density at radius 3 is 2.87 bits per heavy atom. The number of rotatable bonds is 5. The highest BCUT2D eigenvalue weighted by atomic mass is 16.5. The molecule has 23 heavy (non-hydrogen) atoms. The van der Waals surface area contributed by atoms with E-state index in [1.165, 1.54) is 0 Å². The average molecular weight is 312 g/mol. The van der Waals surface area contributed by atoms with Crippen molar-refractivity contribution >= 4 is 17.4 Å². The second-order valence-electron chi connectivity index (χ2n) is 5.52. The van der Waals surface area contributed by atoms with Gasteiger partial charge in [-0.15, -0.1) is 0 Å². The summed E-state index contributed by atoms with van der Waals surface area (Å²) in [4.78, 5) is 20.8. The lowest BCUT2D eigenvalue weighted by atomic mass is 10.2. The third kappa shape index (κ3) is 4.26. The third-order valence-corrected chi connectivity index (χ3v) is 3.63. The predicted octanol–water partition coefficient (Wildman–Crippen LogP) is 2.44. The highest BCUT2D eigenvalue weighted by molar-refractivity contribution is 5.93. The normalized spacial score (nSPS) is 17.0. The van der Waals surface area contributed by atoms with E-state index in [-0.39, 0.29) is 12.0 Å². The molecule has 1 aliphatic heterocycles. The van der Waals surface area contributed by atoms with Crippen molar-refractivity contribution in [3.8, 4) is 0 Å². The lowest BCUT2D eigenvalue weighted by Gasteiger charge is -2.11. The second-order valence-corrected chi connectivity index (χ2v) is 5.52. The van der Waals surface area contributed by atoms with Crippen LogP contribution in [0.2, 0.25) is 0 Å². The maximum Gasteiger partial charge on any atom is 0.270 e. The van der Waals surface area contributed by atoms with Crippen LogP contribution in [0, 0.1) is 6.92 Å². The van der Waals surface area contributed by atoms with Crippen molar-refractivity contribution in [2.45, 2.75) is 25.9 Å². The fraction of sp³-hybridized carbons (Fsp3) is 0.353. The first kappa shape index (κ1) is 15.4. The molecule has 0 spiro atoms. The monoisotopic (exact) mass is 312 g/mol. The molecule has 2 N–H and O–H groups in total. The molecule has 1 atom stereocenters. The number of aromatic nitrogens is 2. The largest absolute Gasteiger partial charge is 0.376 e. The number of para-hydroxylation sites is 1. The molecule has 1 aliphatic rings. The molecule has 1 aromatic heterocycles. The molecule has 0 bridgehead atoms. The van der Waals surface area contributed by atoms with Crippen LogP contribution in [-0.4, -0.2) is 35.1 Å². The van der Waals surface area contributed by atoms with Crippen LogP contribution in [0.15, 0.2) is 36.4 Å². The Bertz CT molecular complexity index is 670. The maximum atomic E-state index is 12.3. The number of carbonyl (C=O) groups is 1. The molecule has 120 valence electrons. The summed E-state index contributed by atoms with van der Waals surface area (Å²) in [6.07, 6.45) is 2.16. The fourth-order valence-electron chi connectivity index (χ4n) is 2.52. The zero-order valence-electron chi connectivity index (χ0n) is 13.1. The number of carbonyl (C=O) groups excluding carboxylic acids is 1. The molecule has 1 unspecified atom stereocenters. The van der Waals surface area contributed by atoms with Gasteiger partial charge in [0.1, 0.15) is 17.3 Å². The number of hydrogen-bond donors (Lipinski definition) is 2. The fourth-order valence-corrected chi connectivity index (χ4v) is 2.52. The summed E-state index contributed by atoms with van der Waals surface area (Å²) in [6, 6.07) is 11.4. The summed E-state index contributed by atoms with van der Waals surface area (Å²) in [5.41, 5.74) is 1.27. The summed E-state index contributed by atoms with van der Waals surface area (Å²) in [5, 5.41) is 6.06. The van der Waals surface area contributed by atoms with Crippen LogP contribution in [-0.2, 0) is 4.74 Å². The Kier molecular flexibility index (Phi) is 4.83. The van der Waals surface area contributed by atoms with Gasteiger partial charge < -0.3 is 15.4 Å². The molecule has 6 nitrogen and oxygen atoms in total. The van der Waals surface area contributed by atoms with E-state index < -0.39 is 0 Å². The van der Waals surface area contributed by atoms with Gasteiger partial charge in [-0.3, -0.25) is 4.79 Å². The van der Waals surface area contributed by atoms with Gasteiger partial charge in [-0.25, -0.2) is 9.97 Å². The highest BCUT2D eigenvalue weighted by Gasteiger charge is 2.17. The SMILES string of the molecule is Cc1nc(Nc2ccccc2)cc(C(=O)NCC2CCCO2)n1. The van der Waals surface area contributed by atoms with Crippen LogP contribution in [0.5, 0.6) is 0 Å². The van der Waals surface area contributed by atoms with Crippen molar-refractivity contribution in [2.24, 2.45) is 0 Å². The van der Waals surface area contributed by atoms with Crippen molar-refractivity contribution in [1.29, 1.82) is 0 Å². The number of nitrogens with zero attached hydrogens (tertiary/aromatic N) is 2. The quantitative estimate of drug-likeness (QED) is 0.887. The van der Waals surface area contributed by atoms with E-state index in [1.54, 1.807) is 13.0 Å². The van der Waals surface area contributed by atoms with E-state index >= 15 is 0 Å². The van der Waals surface area contributed by atoms with Gasteiger partial charge in [0.25, 0.3) is 5.91 Å². The second kappa shape index (κ2) is 7.19. The van der Waals surface area contributed by atoms with E-state index in [0.29, 0.717) is 23.9 Å². The van der Waals surface area contributed by atoms with Gasteiger partial charge in [0.15, 0.2) is 0 Å². The highest BCUT2D eigenvalue weighted by Crippen LogP contribution is 2.15. The van der Waals surface area contributed by atoms with Crippen LogP contribution in [0.3, 0.4) is 0 Å². The molecule has 2 aromatic rings. The number of nitrogens with one attached hydrogen (secondary N) is 2. The molecule has 6 heteroatoms. The average Bonchev–Trinajstić information content (AvgIpc) is 3.06. The molecule has 3 rings (SSSR count). The van der Waals surface area contributed by atoms with Gasteiger partial charge in [0.2, 0.25) is 0 Å². The van der Waals surface area contributed by atoms with Gasteiger partial charge >= 0.3 is 0 Å². The van der Waals surface area contributed by atoms with E-state index in [1.807, 2.05) is 30.3 Å². The van der Waals surface area contributed by atoms with Crippen LogP contribution in [0.4, 0.5) is 11.5 Å². The molecule has 1 amide bonds. The number of anilines is 2. The molecule has 1 aromatic carbocycles. The smallest absolute Gasteiger partial charge is 0.270 e. The maximum absolute atomic E-state index is 12.3. The summed E-state index contributed by atoms with van der Waals surface area (Å²) in [6.45, 7) is 3.06. The van der Waals surface area contributed by atoms with Crippen LogP contribution in [0.25, 0.3) is 0 Å². The molecule has 0 aliphatic carbocycles. The summed E-state index contributed by atoms with van der Waals surface area (Å²) in [5.74, 6) is 0.946. The first-order valence-electron chi connectivity index (χ1n) is 7.78. The zero-order chi connectivity index (χ0) is 16.1. The van der Waals surface area contributed by atoms with Crippen LogP contribution in [0.1, 0.15) is 29.2 Å². The molecule has 0 saturated carbocycles. The minimum Gasteiger partial charge on any atom is -0.376 e. The molecule has 0 radical (unpaired) electrons. The molecular formula is C17H20N4O2. The van der Waals surface area contributed by atoms with Gasteiger partial charge in [0.05, 0.1) is 6.10 Å². The van der Waals surface area contributed by atoms with E-state index in [9.17, 15) is 4.79 Å². The van der Waals surface area contributed by atoms with Gasteiger partial charge in [-0.1, -0.05) is 18.2 Å². The third-order valence-electron chi connectivity index (χ3n) is 3.63. The standard InChI is InChI=1S/C17H20N4O2/c1-12-19-15(17(22)18-11-14-8-5-9-23-14)10-16(20-12)21-13-6-3-2-4-7-13/h2-4,6-7,10,14H,5,8-9,11H2,1H3,(H,18,22)(H,19,20,21). The Balaban J connectivity index is 1.67. The summed E-state index contributed by atoms with van der Waals surface area (Å²) in [7, 11) is 0. The Labute approximate surface area is 135 Å². The van der Waals surface area contributed by atoms with Crippen LogP contribution < -0.4 is 10.6 Å². The van der Waals surface area contributed by atoms with Gasteiger partial charge in [-0.2, -0.15) is 0 Å². The first-order chi connectivity index (χ1) is 11.2. The number of amides is 1. The van der Waals surface area contributed by atoms with Crippen molar-refractivity contribution in [2.75, 3.05) is 18.5 Å². The number of benzene rings is 1. The number of aryl methyl sites for hydroxylation is 1. The summed E-state index contributed by atoms with van der Waals surface area (Å²) >= 11 is 0. The van der Waals surface area contributed by atoms with E-state index in [2.05, 4.69) is 20.6 Å². The van der Waals surface area contributed by atoms with Crippen molar-refractivity contribution in [3.05, 3.63) is 47.9 Å². The van der Waals surface area contributed by atoms with Crippen molar-refractivity contribution in [3.63, 3.8) is 0 Å². The lowest BCUT2D eigenvalue weighted by molar-refractivity contribution is 0.0853. The lowest BCUT2D eigenvalue weighted by Crippen LogP contribution is -2.32. The Morgan fingerprint density at radius 1 is 1.30 bits per heavy atom. The van der Waals surface area contributed by atoms with E-state index in [0.717, 1.165) is 25.1 Å². The molecular weight excluding hydrogens is 292 g/mol. The minimum absolute atomic E-state index is 0.115. The zero-order valence-corrected chi connectivity index (χ0v) is 13.1. The van der Waals surface area contributed by atoms with Crippen molar-refractivity contribution in [1.82, 2.24) is 15.3 Å². The molecule has 1 saturated heterocycles. The predicted molar refractivity (Wildman–Crippen MR) is 87.8 cm³/mol. The first-order valence-corrected chi connectivity index (χ1v) is 7.78. The molecule has 2 heterocycles. The topological polar surface area (TPSA) is 76.1 Å². The minimum atomic E-state index is -0.206. The Morgan fingerprint density at radius 2 is 2.13 bits per heavy atom. The van der Waals surface area contributed by atoms with Crippen LogP contribution >= 0.6 is 0 Å². The van der Waals surface area contributed by atoms with Gasteiger partial charge in [-0.05, 0) is 31.9 Å². The van der Waals surface area contributed by atoms with Gasteiger partial charge in [0, 0.05) is 24.9 Å². The van der Waals surface area contributed by atoms with Crippen molar-refractivity contribution < 1.29 is 9.53 Å². The number of hydrogen-bond acceptors (Lipinski definition) is 5. The summed E-state index contributed by atoms with van der Waals surface area (Å²) < 4.78 is 5.51. The Hall–Kier alpha value is -2.47. The molecule has 1 fully saturated rings. The van der Waals surface area contributed by atoms with E-state index in [4.69, 9.17) is 4.74 Å². The number of ether oxygens (including phenoxy) is 1.